The van der Waals surface area contributed by atoms with Crippen LogP contribution in [0.5, 0.6) is 0 Å². The van der Waals surface area contributed by atoms with Crippen LogP contribution < -0.4 is 0 Å². The fourth-order valence-electron chi connectivity index (χ4n) is 2.39. The van der Waals surface area contributed by atoms with Crippen LogP contribution in [0.25, 0.3) is 0 Å². The first-order valence-electron chi connectivity index (χ1n) is 5.02. The van der Waals surface area contributed by atoms with Gasteiger partial charge in [-0.15, -0.1) is 0 Å². The maximum Gasteiger partial charge on any atom is 0.317 e. The fourth-order valence-corrected chi connectivity index (χ4v) is 2.39. The van der Waals surface area contributed by atoms with Crippen LogP contribution in [0.1, 0.15) is 38.5 Å². The fraction of sp³-hybridized carbons (Fsp3) is 0.800. The topological polar surface area (TPSA) is 43.4 Å². The predicted molar refractivity (Wildman–Crippen MR) is 45.8 cm³/mol. The van der Waals surface area contributed by atoms with Gasteiger partial charge in [-0.05, 0) is 18.8 Å². The standard InChI is InChI=1S/C10H14O3/c11-9-6-8(10(12)13-9)7-4-2-1-3-5-7/h7-8H,1-6H2. The number of hydrogen-bond acceptors (Lipinski definition) is 3. The van der Waals surface area contributed by atoms with Gasteiger partial charge >= 0.3 is 11.9 Å². The van der Waals surface area contributed by atoms with Crippen LogP contribution in [-0.4, -0.2) is 11.9 Å². The van der Waals surface area contributed by atoms with Crippen molar-refractivity contribution in [3.63, 3.8) is 0 Å². The minimum atomic E-state index is -0.333. The molecule has 0 aromatic carbocycles. The zero-order valence-electron chi connectivity index (χ0n) is 7.62. The lowest BCUT2D eigenvalue weighted by Crippen LogP contribution is -2.21. The Morgan fingerprint density at radius 3 is 2.31 bits per heavy atom. The Kier molecular flexibility index (Phi) is 2.34. The predicted octanol–water partition coefficient (Wildman–Crippen LogP) is 1.66. The van der Waals surface area contributed by atoms with Crippen molar-refractivity contribution < 1.29 is 14.3 Å². The van der Waals surface area contributed by atoms with Crippen molar-refractivity contribution in [2.24, 2.45) is 11.8 Å². The summed E-state index contributed by atoms with van der Waals surface area (Å²) in [6, 6.07) is 0. The molecule has 2 fully saturated rings. The van der Waals surface area contributed by atoms with Crippen molar-refractivity contribution in [3.8, 4) is 0 Å². The van der Waals surface area contributed by atoms with Gasteiger partial charge in [-0.1, -0.05) is 19.3 Å². The SMILES string of the molecule is O=C1CC(C2CCCCC2)C(=O)O1. The van der Waals surface area contributed by atoms with Crippen molar-refractivity contribution in [2.75, 3.05) is 0 Å². The molecule has 1 unspecified atom stereocenters. The van der Waals surface area contributed by atoms with E-state index < -0.39 is 0 Å². The van der Waals surface area contributed by atoms with E-state index >= 15 is 0 Å². The van der Waals surface area contributed by atoms with Crippen LogP contribution >= 0.6 is 0 Å². The van der Waals surface area contributed by atoms with Crippen LogP contribution in [0, 0.1) is 11.8 Å². The summed E-state index contributed by atoms with van der Waals surface area (Å²) in [6.45, 7) is 0. The number of carbonyl (C=O) groups is 2. The van der Waals surface area contributed by atoms with E-state index in [1.54, 1.807) is 0 Å². The molecule has 0 aromatic rings. The van der Waals surface area contributed by atoms with Crippen molar-refractivity contribution in [2.45, 2.75) is 38.5 Å². The lowest BCUT2D eigenvalue weighted by Gasteiger charge is -2.23. The largest absolute Gasteiger partial charge is 0.393 e. The second kappa shape index (κ2) is 3.48. The summed E-state index contributed by atoms with van der Waals surface area (Å²) in [7, 11) is 0. The number of rotatable bonds is 1. The molecule has 1 saturated carbocycles. The summed E-state index contributed by atoms with van der Waals surface area (Å²) in [5.41, 5.74) is 0. The van der Waals surface area contributed by atoms with E-state index in [0.717, 1.165) is 12.8 Å². The van der Waals surface area contributed by atoms with E-state index in [9.17, 15) is 9.59 Å². The third-order valence-corrected chi connectivity index (χ3v) is 3.12. The van der Waals surface area contributed by atoms with Crippen LogP contribution in [-0.2, 0) is 14.3 Å². The van der Waals surface area contributed by atoms with Crippen LogP contribution in [0.3, 0.4) is 0 Å². The zero-order chi connectivity index (χ0) is 9.26. The summed E-state index contributed by atoms with van der Waals surface area (Å²) >= 11 is 0. The van der Waals surface area contributed by atoms with Crippen LogP contribution in [0.4, 0.5) is 0 Å². The van der Waals surface area contributed by atoms with E-state index in [2.05, 4.69) is 4.74 Å². The second-order valence-electron chi connectivity index (χ2n) is 4.00. The molecule has 1 heterocycles. The van der Waals surface area contributed by atoms with Gasteiger partial charge in [-0.3, -0.25) is 9.59 Å². The van der Waals surface area contributed by atoms with Crippen molar-refractivity contribution in [1.29, 1.82) is 0 Å². The molecule has 3 nitrogen and oxygen atoms in total. The monoisotopic (exact) mass is 182 g/mol. The first kappa shape index (κ1) is 8.73. The Bertz CT molecular complexity index is 228. The van der Waals surface area contributed by atoms with Gasteiger partial charge in [0.1, 0.15) is 0 Å². The van der Waals surface area contributed by atoms with Gasteiger partial charge in [0.2, 0.25) is 0 Å². The van der Waals surface area contributed by atoms with Gasteiger partial charge in [0.25, 0.3) is 0 Å². The van der Waals surface area contributed by atoms with E-state index in [1.165, 1.54) is 19.3 Å². The van der Waals surface area contributed by atoms with Gasteiger partial charge in [0, 0.05) is 0 Å². The average Bonchev–Trinajstić information content (AvgIpc) is 2.47. The summed E-state index contributed by atoms with van der Waals surface area (Å²) in [6.07, 6.45) is 6.17. The Labute approximate surface area is 77.4 Å². The molecule has 1 aliphatic heterocycles. The van der Waals surface area contributed by atoms with Gasteiger partial charge in [-0.2, -0.15) is 0 Å². The molecule has 0 N–H and O–H groups in total. The third-order valence-electron chi connectivity index (χ3n) is 3.12. The first-order chi connectivity index (χ1) is 6.27. The molecule has 1 atom stereocenters. The highest BCUT2D eigenvalue weighted by Crippen LogP contribution is 2.35. The van der Waals surface area contributed by atoms with Crippen molar-refractivity contribution >= 4 is 11.9 Å². The minimum Gasteiger partial charge on any atom is -0.393 e. The Morgan fingerprint density at radius 2 is 1.77 bits per heavy atom. The van der Waals surface area contributed by atoms with E-state index in [4.69, 9.17) is 0 Å². The molecule has 0 bridgehead atoms. The summed E-state index contributed by atoms with van der Waals surface area (Å²) in [5.74, 6) is -0.321. The molecule has 13 heavy (non-hydrogen) atoms. The quantitative estimate of drug-likeness (QED) is 0.457. The first-order valence-corrected chi connectivity index (χ1v) is 5.02. The lowest BCUT2D eigenvalue weighted by molar-refractivity contribution is -0.153. The average molecular weight is 182 g/mol. The number of hydrogen-bond donors (Lipinski definition) is 0. The summed E-state index contributed by atoms with van der Waals surface area (Å²) < 4.78 is 4.55. The number of ether oxygens (including phenoxy) is 1. The van der Waals surface area contributed by atoms with E-state index in [-0.39, 0.29) is 17.9 Å². The Morgan fingerprint density at radius 1 is 1.08 bits per heavy atom. The van der Waals surface area contributed by atoms with Crippen LogP contribution in [0.2, 0.25) is 0 Å². The van der Waals surface area contributed by atoms with Crippen molar-refractivity contribution in [3.05, 3.63) is 0 Å². The third kappa shape index (κ3) is 1.74. The highest BCUT2D eigenvalue weighted by molar-refractivity contribution is 5.94. The van der Waals surface area contributed by atoms with Gasteiger partial charge in [0.05, 0.1) is 12.3 Å². The molecule has 0 aromatic heterocycles. The highest BCUT2D eigenvalue weighted by atomic mass is 16.6. The van der Waals surface area contributed by atoms with Crippen LogP contribution in [0.15, 0.2) is 0 Å². The molecule has 3 heteroatoms. The zero-order valence-corrected chi connectivity index (χ0v) is 7.62. The molecular weight excluding hydrogens is 168 g/mol. The summed E-state index contributed by atoms with van der Waals surface area (Å²) in [4.78, 5) is 22.1. The molecule has 2 aliphatic rings. The molecular formula is C10H14O3. The minimum absolute atomic E-state index is 0.118. The summed E-state index contributed by atoms with van der Waals surface area (Å²) in [5, 5.41) is 0. The Hall–Kier alpha value is -0.860. The normalized spacial score (nSPS) is 30.6. The highest BCUT2D eigenvalue weighted by Gasteiger charge is 2.39. The molecule has 72 valence electrons. The molecule has 2 rings (SSSR count). The van der Waals surface area contributed by atoms with Gasteiger partial charge in [-0.25, -0.2) is 0 Å². The van der Waals surface area contributed by atoms with Crippen molar-refractivity contribution in [1.82, 2.24) is 0 Å². The molecule has 0 amide bonds. The van der Waals surface area contributed by atoms with Gasteiger partial charge in [0.15, 0.2) is 0 Å². The molecule has 0 radical (unpaired) electrons. The maximum atomic E-state index is 11.2. The molecule has 0 spiro atoms. The number of esters is 2. The Balaban J connectivity index is 1.99. The van der Waals surface area contributed by atoms with E-state index in [1.807, 2.05) is 0 Å². The smallest absolute Gasteiger partial charge is 0.317 e. The van der Waals surface area contributed by atoms with E-state index in [0.29, 0.717) is 12.3 Å². The maximum absolute atomic E-state index is 11.2. The van der Waals surface area contributed by atoms with Gasteiger partial charge < -0.3 is 4.74 Å². The molecule has 1 saturated heterocycles. The number of cyclic esters (lactones) is 2. The molecule has 1 aliphatic carbocycles. The number of carbonyl (C=O) groups excluding carboxylic acids is 2. The second-order valence-corrected chi connectivity index (χ2v) is 4.00. The lowest BCUT2D eigenvalue weighted by atomic mass is 9.79.